The Kier molecular flexibility index (Phi) is 7.26. The van der Waals surface area contributed by atoms with E-state index in [-0.39, 0.29) is 6.42 Å². The fourth-order valence-corrected chi connectivity index (χ4v) is 6.21. The first kappa shape index (κ1) is 26.1. The van der Waals surface area contributed by atoms with E-state index < -0.39 is 12.1 Å². The lowest BCUT2D eigenvalue weighted by atomic mass is 10.0. The summed E-state index contributed by atoms with van der Waals surface area (Å²) in [5.41, 5.74) is 3.05. The van der Waals surface area contributed by atoms with Gasteiger partial charge in [0, 0.05) is 54.8 Å². The van der Waals surface area contributed by atoms with Crippen LogP contribution in [0.1, 0.15) is 30.5 Å². The van der Waals surface area contributed by atoms with Crippen molar-refractivity contribution in [3.05, 3.63) is 47.9 Å². The van der Waals surface area contributed by atoms with Gasteiger partial charge in [-0.3, -0.25) is 4.98 Å². The molecule has 6 rings (SSSR count). The zero-order valence-corrected chi connectivity index (χ0v) is 22.7. The van der Waals surface area contributed by atoms with Crippen molar-refractivity contribution >= 4 is 28.4 Å². The number of carboxylic acid groups (broad SMARTS) is 1. The number of benzene rings is 1. The van der Waals surface area contributed by atoms with E-state index >= 15 is 0 Å². The van der Waals surface area contributed by atoms with Crippen molar-refractivity contribution in [2.45, 2.75) is 44.3 Å². The molecule has 3 aliphatic rings. The predicted octanol–water partition coefficient (Wildman–Crippen LogP) is 3.14. The number of anilines is 2. The van der Waals surface area contributed by atoms with Gasteiger partial charge < -0.3 is 29.4 Å². The van der Waals surface area contributed by atoms with Crippen LogP contribution in [0.4, 0.5) is 16.3 Å². The minimum Gasteiger partial charge on any atom is -0.465 e. The lowest BCUT2D eigenvalue weighted by molar-refractivity contribution is 0.119. The van der Waals surface area contributed by atoms with Gasteiger partial charge in [0.2, 0.25) is 0 Å². The summed E-state index contributed by atoms with van der Waals surface area (Å²) < 4.78 is 6.22. The maximum absolute atomic E-state index is 11.8. The molecule has 1 aromatic carbocycles. The molecule has 0 radical (unpaired) electrons. The van der Waals surface area contributed by atoms with E-state index in [1.54, 1.807) is 0 Å². The van der Waals surface area contributed by atoms with E-state index in [1.807, 2.05) is 24.5 Å². The second-order valence-corrected chi connectivity index (χ2v) is 10.8. The molecule has 0 saturated carbocycles. The van der Waals surface area contributed by atoms with Crippen molar-refractivity contribution in [1.82, 2.24) is 24.8 Å². The molecule has 2 unspecified atom stereocenters. The number of hydrogen-bond acceptors (Lipinski definition) is 9. The topological polar surface area (TPSA) is 122 Å². The molecule has 11 heteroatoms. The van der Waals surface area contributed by atoms with E-state index in [1.165, 1.54) is 4.90 Å². The third-order valence-corrected chi connectivity index (χ3v) is 8.44. The molecular formula is C29H34N8O3. The summed E-state index contributed by atoms with van der Waals surface area (Å²) >= 11 is 0. The van der Waals surface area contributed by atoms with Crippen LogP contribution in [0, 0.1) is 11.3 Å². The zero-order valence-electron chi connectivity index (χ0n) is 22.7. The fourth-order valence-electron chi connectivity index (χ4n) is 6.21. The number of aromatic nitrogens is 3. The Bertz CT molecular complexity index is 1440. The fraction of sp³-hybridized carbons (Fsp3) is 0.483. The van der Waals surface area contributed by atoms with Crippen molar-refractivity contribution < 1.29 is 14.6 Å². The van der Waals surface area contributed by atoms with Crippen LogP contribution in [0.15, 0.2) is 36.7 Å². The number of piperazine rings is 1. The molecule has 2 fully saturated rings. The number of likely N-dealkylation sites (tertiary alicyclic amines) is 1. The second kappa shape index (κ2) is 11.1. The summed E-state index contributed by atoms with van der Waals surface area (Å²) in [4.78, 5) is 34.2. The van der Waals surface area contributed by atoms with Gasteiger partial charge in [-0.05, 0) is 32.9 Å². The van der Waals surface area contributed by atoms with Gasteiger partial charge >= 0.3 is 12.1 Å². The van der Waals surface area contributed by atoms with Gasteiger partial charge in [0.25, 0.3) is 0 Å². The van der Waals surface area contributed by atoms with Crippen LogP contribution >= 0.6 is 0 Å². The van der Waals surface area contributed by atoms with Crippen LogP contribution in [-0.2, 0) is 13.0 Å². The van der Waals surface area contributed by atoms with Crippen molar-refractivity contribution in [2.75, 3.05) is 56.2 Å². The maximum atomic E-state index is 11.8. The molecule has 0 bridgehead atoms. The number of amides is 1. The van der Waals surface area contributed by atoms with Gasteiger partial charge in [0.05, 0.1) is 42.7 Å². The Morgan fingerprint density at radius 2 is 2.00 bits per heavy atom. The molecule has 2 aromatic heterocycles. The van der Waals surface area contributed by atoms with E-state index in [0.717, 1.165) is 65.9 Å². The third kappa shape index (κ3) is 5.07. The molecule has 3 aromatic rings. The Hall–Kier alpha value is -4.17. The summed E-state index contributed by atoms with van der Waals surface area (Å²) in [6.45, 7) is 4.18. The molecular weight excluding hydrogens is 508 g/mol. The molecule has 11 nitrogen and oxygen atoms in total. The normalized spacial score (nSPS) is 21.4. The number of carbonyl (C=O) groups is 1. The van der Waals surface area contributed by atoms with Crippen LogP contribution in [0.2, 0.25) is 0 Å². The van der Waals surface area contributed by atoms with Gasteiger partial charge in [0.15, 0.2) is 0 Å². The quantitative estimate of drug-likeness (QED) is 0.497. The largest absolute Gasteiger partial charge is 0.465 e. The highest BCUT2D eigenvalue weighted by atomic mass is 16.5. The SMILES string of the molecule is CN1CCCC1COc1nc2c(c(N3CCN(C(=O)O)C(CC#N)C3)n1)CCN(c1cncc3ccccc13)C2. The number of pyridine rings is 1. The van der Waals surface area contributed by atoms with Crippen LogP contribution in [0.5, 0.6) is 6.01 Å². The lowest BCUT2D eigenvalue weighted by Crippen LogP contribution is -2.55. The number of nitriles is 1. The summed E-state index contributed by atoms with van der Waals surface area (Å²) in [5.74, 6) is 0.795. The minimum absolute atomic E-state index is 0.134. The van der Waals surface area contributed by atoms with E-state index in [2.05, 4.69) is 44.9 Å². The molecule has 1 N–H and O–H groups in total. The van der Waals surface area contributed by atoms with Crippen LogP contribution in [-0.4, -0.2) is 94.4 Å². The highest BCUT2D eigenvalue weighted by molar-refractivity contribution is 5.93. The Labute approximate surface area is 233 Å². The number of ether oxygens (including phenoxy) is 1. The summed E-state index contributed by atoms with van der Waals surface area (Å²) in [6, 6.07) is 10.7. The smallest absolute Gasteiger partial charge is 0.407 e. The average molecular weight is 543 g/mol. The number of rotatable bonds is 6. The van der Waals surface area contributed by atoms with Gasteiger partial charge in [0.1, 0.15) is 12.4 Å². The van der Waals surface area contributed by atoms with Gasteiger partial charge in [-0.15, -0.1) is 0 Å². The van der Waals surface area contributed by atoms with Gasteiger partial charge in [-0.25, -0.2) is 4.79 Å². The Morgan fingerprint density at radius 1 is 1.12 bits per heavy atom. The molecule has 1 amide bonds. The lowest BCUT2D eigenvalue weighted by Gasteiger charge is -2.41. The Morgan fingerprint density at radius 3 is 2.80 bits per heavy atom. The monoisotopic (exact) mass is 542 g/mol. The molecule has 0 aliphatic carbocycles. The predicted molar refractivity (Wildman–Crippen MR) is 151 cm³/mol. The zero-order chi connectivity index (χ0) is 27.6. The van der Waals surface area contributed by atoms with Gasteiger partial charge in [-0.1, -0.05) is 24.3 Å². The highest BCUT2D eigenvalue weighted by Gasteiger charge is 2.34. The first-order chi connectivity index (χ1) is 19.5. The second-order valence-electron chi connectivity index (χ2n) is 10.8. The number of fused-ring (bicyclic) bond motifs is 2. The average Bonchev–Trinajstić information content (AvgIpc) is 3.39. The molecule has 0 spiro atoms. The molecule has 208 valence electrons. The van der Waals surface area contributed by atoms with Crippen LogP contribution in [0.25, 0.3) is 10.8 Å². The first-order valence-electron chi connectivity index (χ1n) is 13.9. The summed E-state index contributed by atoms with van der Waals surface area (Å²) in [5, 5.41) is 21.3. The first-order valence-corrected chi connectivity index (χ1v) is 13.9. The van der Waals surface area contributed by atoms with Crippen molar-refractivity contribution in [3.63, 3.8) is 0 Å². The molecule has 2 atom stereocenters. The molecule has 5 heterocycles. The third-order valence-electron chi connectivity index (χ3n) is 8.44. The highest BCUT2D eigenvalue weighted by Crippen LogP contribution is 2.34. The van der Waals surface area contributed by atoms with Crippen molar-refractivity contribution in [3.8, 4) is 12.1 Å². The number of likely N-dealkylation sites (N-methyl/N-ethyl adjacent to an activating group) is 1. The van der Waals surface area contributed by atoms with Crippen LogP contribution in [0.3, 0.4) is 0 Å². The summed E-state index contributed by atoms with van der Waals surface area (Å²) in [7, 11) is 2.12. The number of nitrogens with zero attached hydrogens (tertiary/aromatic N) is 8. The van der Waals surface area contributed by atoms with Crippen molar-refractivity contribution in [2.24, 2.45) is 0 Å². The van der Waals surface area contributed by atoms with E-state index in [9.17, 15) is 15.2 Å². The molecule has 2 saturated heterocycles. The minimum atomic E-state index is -0.992. The maximum Gasteiger partial charge on any atom is 0.407 e. The van der Waals surface area contributed by atoms with E-state index in [4.69, 9.17) is 14.7 Å². The standard InChI is InChI=1S/C29H34N8O3/c1-34-11-4-6-22(34)19-40-28-32-25-18-35(26-16-31-15-20-5-2-3-7-23(20)26)12-9-24(25)27(33-28)36-13-14-37(29(38)39)21(17-36)8-10-30/h2-3,5,7,15-16,21-22H,4,6,8-9,11-14,17-19H2,1H3,(H,38,39). The molecule has 3 aliphatic heterocycles. The van der Waals surface area contributed by atoms with Crippen molar-refractivity contribution in [1.29, 1.82) is 5.26 Å². The van der Waals surface area contributed by atoms with Gasteiger partial charge in [-0.2, -0.15) is 15.2 Å². The number of hydrogen-bond donors (Lipinski definition) is 1. The summed E-state index contributed by atoms with van der Waals surface area (Å²) in [6.07, 6.45) is 5.93. The van der Waals surface area contributed by atoms with Crippen LogP contribution < -0.4 is 14.5 Å². The molecule has 40 heavy (non-hydrogen) atoms. The van der Waals surface area contributed by atoms with E-state index in [0.29, 0.717) is 44.8 Å². The Balaban J connectivity index is 1.33.